The van der Waals surface area contributed by atoms with E-state index in [1.165, 1.54) is 4.90 Å². The number of likely N-dealkylation sites (N-methyl/N-ethyl adjacent to an activating group) is 1. The number of hydrogen-bond donors (Lipinski definition) is 6. The molecule has 0 bridgehead atoms. The Morgan fingerprint density at radius 1 is 0.958 bits per heavy atom. The lowest BCUT2D eigenvalue weighted by atomic mass is 9.89. The van der Waals surface area contributed by atoms with E-state index in [0.29, 0.717) is 25.7 Å². The van der Waals surface area contributed by atoms with E-state index in [0.717, 1.165) is 5.56 Å². The summed E-state index contributed by atoms with van der Waals surface area (Å²) in [5, 5.41) is 53.7. The van der Waals surface area contributed by atoms with Crippen molar-refractivity contribution in [3.8, 4) is 0 Å². The van der Waals surface area contributed by atoms with Crippen LogP contribution in [0.3, 0.4) is 0 Å². The second kappa shape index (κ2) is 18.4. The smallest absolute Gasteiger partial charge is 0.329 e. The van der Waals surface area contributed by atoms with E-state index >= 15 is 0 Å². The van der Waals surface area contributed by atoms with Gasteiger partial charge >= 0.3 is 5.97 Å². The van der Waals surface area contributed by atoms with Crippen LogP contribution in [0.4, 0.5) is 0 Å². The molecule has 2 aliphatic rings. The van der Waals surface area contributed by atoms with Crippen molar-refractivity contribution in [1.29, 1.82) is 0 Å². The summed E-state index contributed by atoms with van der Waals surface area (Å²) in [4.78, 5) is 42.2. The third kappa shape index (κ3) is 10.4. The van der Waals surface area contributed by atoms with Gasteiger partial charge in [-0.15, -0.1) is 0 Å². The predicted molar refractivity (Wildman–Crippen MR) is 175 cm³/mol. The summed E-state index contributed by atoms with van der Waals surface area (Å²) >= 11 is 0. The maximum atomic E-state index is 13.8. The van der Waals surface area contributed by atoms with Crippen molar-refractivity contribution in [1.82, 2.24) is 10.2 Å². The second-order valence-electron chi connectivity index (χ2n) is 13.9. The van der Waals surface area contributed by atoms with Gasteiger partial charge in [0.25, 0.3) is 0 Å². The molecule has 0 spiro atoms. The average molecular weight is 681 g/mol. The van der Waals surface area contributed by atoms with Crippen molar-refractivity contribution in [3.63, 3.8) is 0 Å². The van der Waals surface area contributed by atoms with E-state index in [-0.39, 0.29) is 30.8 Å². The van der Waals surface area contributed by atoms with Crippen molar-refractivity contribution < 1.29 is 54.1 Å². The molecule has 2 aliphatic heterocycles. The Morgan fingerprint density at radius 3 is 2.23 bits per heavy atom. The molecule has 272 valence electrons. The molecule has 3 rings (SSSR count). The number of carbonyl (C=O) groups is 3. The summed E-state index contributed by atoms with van der Waals surface area (Å²) in [5.41, 5.74) is 0.845. The highest BCUT2D eigenvalue weighted by molar-refractivity contribution is 5.91. The first-order chi connectivity index (χ1) is 22.7. The van der Waals surface area contributed by atoms with Crippen LogP contribution in [-0.2, 0) is 35.0 Å². The molecule has 2 heterocycles. The van der Waals surface area contributed by atoms with Gasteiger partial charge in [-0.1, -0.05) is 70.9 Å². The molecule has 0 saturated carbocycles. The summed E-state index contributed by atoms with van der Waals surface area (Å²) < 4.78 is 17.3. The topological polar surface area (TPSA) is 195 Å². The number of amides is 2. The summed E-state index contributed by atoms with van der Waals surface area (Å²) in [7, 11) is 1.55. The van der Waals surface area contributed by atoms with Crippen molar-refractivity contribution in [2.75, 3.05) is 13.7 Å². The standard InChI is InChI=1S/C35H56N2O11/c1-19(2)28-34(45)47-26(20(3)12-10-11-13-21(4)46-35-31(42)30(41)29(40)27(18-38)48-35)17-25(39)22(5)32(43)36-24(33(44)37(28)6)16-23-14-8-7-9-15-23/h7-9,14-15,19-22,24-31,35,38-42H,10-13,16-18H2,1-6H3,(H,36,43)/t20-,21+,22-,24+,25+,26+,27+,28-,29+,30-,31-,35+/m0/s1. The molecular formula is C35H56N2O11. The van der Waals surface area contributed by atoms with Crippen LogP contribution in [0.1, 0.15) is 72.3 Å². The fraction of sp³-hybridized carbons (Fsp3) is 0.743. The van der Waals surface area contributed by atoms with Gasteiger partial charge in [0.05, 0.1) is 24.7 Å². The maximum Gasteiger partial charge on any atom is 0.329 e. The minimum atomic E-state index is -1.52. The van der Waals surface area contributed by atoms with Crippen LogP contribution in [-0.4, -0.2) is 123 Å². The highest BCUT2D eigenvalue weighted by Crippen LogP contribution is 2.27. The largest absolute Gasteiger partial charge is 0.460 e. The lowest BCUT2D eigenvalue weighted by Crippen LogP contribution is -2.59. The number of benzene rings is 1. The van der Waals surface area contributed by atoms with Gasteiger partial charge in [0.15, 0.2) is 6.29 Å². The Labute approximate surface area is 283 Å². The van der Waals surface area contributed by atoms with Crippen LogP contribution < -0.4 is 5.32 Å². The number of cyclic esters (lactones) is 1. The first-order valence-corrected chi connectivity index (χ1v) is 17.1. The number of aliphatic hydroxyl groups is 5. The fourth-order valence-electron chi connectivity index (χ4n) is 6.41. The molecule has 12 atom stereocenters. The number of nitrogens with zero attached hydrogens (tertiary/aromatic N) is 1. The van der Waals surface area contributed by atoms with Crippen LogP contribution in [0.5, 0.6) is 0 Å². The SMILES string of the molecule is CC(C)[C@H]1C(=O)O[C@@H]([C@@H](C)CCCC[C@@H](C)O[C@@H]2O[C@H](CO)[C@@H](O)[C@H](O)[C@@H]2O)C[C@@H](O)[C@H](C)C(=O)N[C@H](Cc2ccccc2)C(=O)N1C. The molecule has 1 aromatic rings. The van der Waals surface area contributed by atoms with Crippen molar-refractivity contribution in [2.45, 2.75) is 134 Å². The third-order valence-corrected chi connectivity index (χ3v) is 9.64. The Morgan fingerprint density at radius 2 is 1.60 bits per heavy atom. The molecular weight excluding hydrogens is 624 g/mol. The summed E-state index contributed by atoms with van der Waals surface area (Å²) in [5.74, 6) is -2.79. The van der Waals surface area contributed by atoms with E-state index in [1.807, 2.05) is 51.1 Å². The van der Waals surface area contributed by atoms with Gasteiger partial charge in [0.2, 0.25) is 11.8 Å². The van der Waals surface area contributed by atoms with Gasteiger partial charge in [-0.25, -0.2) is 4.79 Å². The number of ether oxygens (including phenoxy) is 3. The molecule has 13 nitrogen and oxygen atoms in total. The molecule has 1 aromatic carbocycles. The van der Waals surface area contributed by atoms with Gasteiger partial charge < -0.3 is 50.0 Å². The Kier molecular flexibility index (Phi) is 15.2. The van der Waals surface area contributed by atoms with Crippen LogP contribution in [0.2, 0.25) is 0 Å². The quantitative estimate of drug-likeness (QED) is 0.136. The molecule has 2 fully saturated rings. The zero-order valence-corrected chi connectivity index (χ0v) is 29.0. The molecule has 13 heteroatoms. The van der Waals surface area contributed by atoms with Crippen LogP contribution >= 0.6 is 0 Å². The normalized spacial score (nSPS) is 33.8. The highest BCUT2D eigenvalue weighted by Gasteiger charge is 2.44. The fourth-order valence-corrected chi connectivity index (χ4v) is 6.41. The molecule has 2 amide bonds. The number of esters is 1. The van der Waals surface area contributed by atoms with E-state index in [2.05, 4.69) is 5.32 Å². The minimum absolute atomic E-state index is 0.0456. The monoisotopic (exact) mass is 680 g/mol. The number of carbonyl (C=O) groups excluding carboxylic acids is 3. The predicted octanol–water partition coefficient (Wildman–Crippen LogP) is 0.911. The maximum absolute atomic E-state index is 13.8. The van der Waals surface area contributed by atoms with Crippen LogP contribution in [0.25, 0.3) is 0 Å². The third-order valence-electron chi connectivity index (χ3n) is 9.64. The minimum Gasteiger partial charge on any atom is -0.460 e. The molecule has 48 heavy (non-hydrogen) atoms. The highest BCUT2D eigenvalue weighted by atomic mass is 16.7. The summed E-state index contributed by atoms with van der Waals surface area (Å²) in [6, 6.07) is 7.44. The van der Waals surface area contributed by atoms with Crippen molar-refractivity contribution >= 4 is 17.8 Å². The lowest BCUT2D eigenvalue weighted by Gasteiger charge is -2.40. The average Bonchev–Trinajstić information content (AvgIpc) is 3.05. The summed E-state index contributed by atoms with van der Waals surface area (Å²) in [6.45, 7) is 8.42. The lowest BCUT2D eigenvalue weighted by molar-refractivity contribution is -0.310. The Bertz CT molecular complexity index is 1170. The van der Waals surface area contributed by atoms with Crippen molar-refractivity contribution in [3.05, 3.63) is 35.9 Å². The molecule has 0 unspecified atom stereocenters. The van der Waals surface area contributed by atoms with Gasteiger partial charge in [-0.05, 0) is 37.2 Å². The van der Waals surface area contributed by atoms with E-state index in [9.17, 15) is 39.9 Å². The van der Waals surface area contributed by atoms with E-state index in [1.54, 1.807) is 20.9 Å². The molecule has 0 aliphatic carbocycles. The zero-order valence-electron chi connectivity index (χ0n) is 29.0. The Hall–Kier alpha value is -2.65. The van der Waals surface area contributed by atoms with Crippen LogP contribution in [0, 0.1) is 17.8 Å². The molecule has 2 saturated heterocycles. The molecule has 6 N–H and O–H groups in total. The summed E-state index contributed by atoms with van der Waals surface area (Å²) in [6.07, 6.45) is -6.08. The first-order valence-electron chi connectivity index (χ1n) is 17.1. The van der Waals surface area contributed by atoms with Gasteiger partial charge in [-0.3, -0.25) is 9.59 Å². The molecule has 0 radical (unpaired) electrons. The van der Waals surface area contributed by atoms with Crippen molar-refractivity contribution in [2.24, 2.45) is 17.8 Å². The van der Waals surface area contributed by atoms with Crippen LogP contribution in [0.15, 0.2) is 30.3 Å². The number of hydrogen-bond acceptors (Lipinski definition) is 11. The molecule has 0 aromatic heterocycles. The number of unbranched alkanes of at least 4 members (excludes halogenated alkanes) is 1. The zero-order chi connectivity index (χ0) is 35.7. The number of aliphatic hydroxyl groups excluding tert-OH is 5. The van der Waals surface area contributed by atoms with Gasteiger partial charge in [0, 0.05) is 19.9 Å². The number of nitrogens with one attached hydrogen (secondary N) is 1. The van der Waals surface area contributed by atoms with Gasteiger partial charge in [-0.2, -0.15) is 0 Å². The van der Waals surface area contributed by atoms with E-state index < -0.39 is 85.3 Å². The van der Waals surface area contributed by atoms with Gasteiger partial charge in [0.1, 0.15) is 42.6 Å². The van der Waals surface area contributed by atoms with E-state index in [4.69, 9.17) is 14.2 Å². The first kappa shape index (κ1) is 39.8. The number of rotatable bonds is 12. The Balaban J connectivity index is 1.66. The second-order valence-corrected chi connectivity index (χ2v) is 13.9.